The van der Waals surface area contributed by atoms with E-state index in [0.29, 0.717) is 5.56 Å². The Kier molecular flexibility index (Phi) is 3.04. The largest absolute Gasteiger partial charge is 0.238 e. The van der Waals surface area contributed by atoms with Crippen LogP contribution in [-0.4, -0.2) is 8.42 Å². The minimum absolute atomic E-state index is 0.155. The molecule has 2 N–H and O–H groups in total. The van der Waals surface area contributed by atoms with Gasteiger partial charge in [0.1, 0.15) is 0 Å². The molecule has 0 atom stereocenters. The number of hydrogen-bond acceptors (Lipinski definition) is 2. The quantitative estimate of drug-likeness (QED) is 0.785. The molecule has 20 heavy (non-hydrogen) atoms. The van der Waals surface area contributed by atoms with Crippen LogP contribution in [0, 0.1) is 0 Å². The highest BCUT2D eigenvalue weighted by atomic mass is 32.2. The van der Waals surface area contributed by atoms with Crippen LogP contribution in [0.25, 0.3) is 21.9 Å². The average molecular weight is 283 g/mol. The minimum atomic E-state index is -3.77. The van der Waals surface area contributed by atoms with Crippen LogP contribution < -0.4 is 5.14 Å². The van der Waals surface area contributed by atoms with Gasteiger partial charge in [0.25, 0.3) is 0 Å². The highest BCUT2D eigenvalue weighted by Gasteiger charge is 2.17. The number of rotatable bonds is 2. The monoisotopic (exact) mass is 283 g/mol. The predicted octanol–water partition coefficient (Wildman–Crippen LogP) is 3.15. The van der Waals surface area contributed by atoms with E-state index in [0.717, 1.165) is 16.3 Å². The first-order valence-corrected chi connectivity index (χ1v) is 7.72. The Morgan fingerprint density at radius 2 is 1.40 bits per heavy atom. The number of fused-ring (bicyclic) bond motifs is 1. The second kappa shape index (κ2) is 4.74. The minimum Gasteiger partial charge on any atom is -0.225 e. The Bertz CT molecular complexity index is 871. The van der Waals surface area contributed by atoms with Crippen LogP contribution in [0.3, 0.4) is 0 Å². The van der Waals surface area contributed by atoms with E-state index in [2.05, 4.69) is 0 Å². The summed E-state index contributed by atoms with van der Waals surface area (Å²) in [6.07, 6.45) is 0. The Morgan fingerprint density at radius 1 is 0.750 bits per heavy atom. The molecule has 0 aliphatic carbocycles. The van der Waals surface area contributed by atoms with Crippen molar-refractivity contribution in [3.63, 3.8) is 0 Å². The Balaban J connectivity index is 2.48. The van der Waals surface area contributed by atoms with Gasteiger partial charge < -0.3 is 0 Å². The van der Waals surface area contributed by atoms with Crippen LogP contribution in [-0.2, 0) is 10.0 Å². The lowest BCUT2D eigenvalue weighted by Gasteiger charge is -2.12. The lowest BCUT2D eigenvalue weighted by molar-refractivity contribution is 0.598. The second-order valence-electron chi connectivity index (χ2n) is 4.57. The number of nitrogens with two attached hydrogens (primary N) is 1. The highest BCUT2D eigenvalue weighted by Crippen LogP contribution is 2.34. The van der Waals surface area contributed by atoms with Gasteiger partial charge in [0.2, 0.25) is 10.0 Å². The zero-order valence-corrected chi connectivity index (χ0v) is 11.5. The normalized spacial score (nSPS) is 11.7. The summed E-state index contributed by atoms with van der Waals surface area (Å²) in [5.41, 5.74) is 1.50. The van der Waals surface area contributed by atoms with Crippen LogP contribution in [0.1, 0.15) is 0 Å². The maximum atomic E-state index is 11.8. The standard InChI is InChI=1S/C16H13NO2S/c17-20(18,19)15-11-10-12-6-4-5-9-14(12)16(15)13-7-2-1-3-8-13/h1-11H,(H2,17,18,19). The molecule has 3 rings (SSSR count). The predicted molar refractivity (Wildman–Crippen MR) is 80.8 cm³/mol. The number of benzene rings is 3. The smallest absolute Gasteiger partial charge is 0.225 e. The van der Waals surface area contributed by atoms with Crippen LogP contribution >= 0.6 is 0 Å². The van der Waals surface area contributed by atoms with Gasteiger partial charge in [0, 0.05) is 5.56 Å². The third-order valence-corrected chi connectivity index (χ3v) is 4.21. The fourth-order valence-electron chi connectivity index (χ4n) is 2.39. The molecule has 4 heteroatoms. The number of primary sulfonamides is 1. The molecule has 0 radical (unpaired) electrons. The topological polar surface area (TPSA) is 60.2 Å². The number of sulfonamides is 1. The molecule has 0 aliphatic rings. The molecule has 0 heterocycles. The van der Waals surface area contributed by atoms with Crippen molar-refractivity contribution in [3.8, 4) is 11.1 Å². The summed E-state index contributed by atoms with van der Waals surface area (Å²) in [4.78, 5) is 0.155. The summed E-state index contributed by atoms with van der Waals surface area (Å²) < 4.78 is 23.7. The first-order chi connectivity index (χ1) is 9.57. The van der Waals surface area contributed by atoms with E-state index in [-0.39, 0.29) is 4.90 Å². The Labute approximate surface area is 117 Å². The molecule has 100 valence electrons. The van der Waals surface area contributed by atoms with Gasteiger partial charge in [-0.1, -0.05) is 60.7 Å². The average Bonchev–Trinajstić information content (AvgIpc) is 2.46. The van der Waals surface area contributed by atoms with Crippen molar-refractivity contribution in [3.05, 3.63) is 66.7 Å². The van der Waals surface area contributed by atoms with E-state index >= 15 is 0 Å². The highest BCUT2D eigenvalue weighted by molar-refractivity contribution is 7.89. The van der Waals surface area contributed by atoms with Crippen LogP contribution in [0.4, 0.5) is 0 Å². The summed E-state index contributed by atoms with van der Waals surface area (Å²) in [7, 11) is -3.77. The molecule has 3 nitrogen and oxygen atoms in total. The second-order valence-corrected chi connectivity index (χ2v) is 6.10. The molecule has 0 bridgehead atoms. The van der Waals surface area contributed by atoms with Gasteiger partial charge in [-0.05, 0) is 22.4 Å². The lowest BCUT2D eigenvalue weighted by Crippen LogP contribution is -2.13. The van der Waals surface area contributed by atoms with Gasteiger partial charge >= 0.3 is 0 Å². The molecule has 0 fully saturated rings. The van der Waals surface area contributed by atoms with E-state index in [1.807, 2.05) is 54.6 Å². The van der Waals surface area contributed by atoms with Gasteiger partial charge in [-0.15, -0.1) is 0 Å². The van der Waals surface area contributed by atoms with E-state index in [9.17, 15) is 8.42 Å². The Morgan fingerprint density at radius 3 is 2.10 bits per heavy atom. The summed E-state index contributed by atoms with van der Waals surface area (Å²) in [6, 6.07) is 20.4. The van der Waals surface area contributed by atoms with Crippen molar-refractivity contribution in [2.45, 2.75) is 4.90 Å². The molecule has 0 saturated carbocycles. The summed E-state index contributed by atoms with van der Waals surface area (Å²) in [6.45, 7) is 0. The van der Waals surface area contributed by atoms with E-state index in [4.69, 9.17) is 5.14 Å². The van der Waals surface area contributed by atoms with Gasteiger partial charge in [-0.3, -0.25) is 0 Å². The maximum absolute atomic E-state index is 11.8. The van der Waals surface area contributed by atoms with E-state index < -0.39 is 10.0 Å². The van der Waals surface area contributed by atoms with Crippen molar-refractivity contribution >= 4 is 20.8 Å². The van der Waals surface area contributed by atoms with Crippen LogP contribution in [0.5, 0.6) is 0 Å². The van der Waals surface area contributed by atoms with E-state index in [1.54, 1.807) is 12.1 Å². The first kappa shape index (κ1) is 12.8. The molecular weight excluding hydrogens is 270 g/mol. The molecule has 0 spiro atoms. The molecule has 0 aromatic heterocycles. The van der Waals surface area contributed by atoms with Gasteiger partial charge in [0.05, 0.1) is 4.90 Å². The third kappa shape index (κ3) is 2.19. The molecule has 0 aliphatic heterocycles. The summed E-state index contributed by atoms with van der Waals surface area (Å²) in [5.74, 6) is 0. The van der Waals surface area contributed by atoms with Crippen LogP contribution in [0.2, 0.25) is 0 Å². The zero-order valence-electron chi connectivity index (χ0n) is 10.7. The van der Waals surface area contributed by atoms with Crippen molar-refractivity contribution in [1.29, 1.82) is 0 Å². The SMILES string of the molecule is NS(=O)(=O)c1ccc2ccccc2c1-c1ccccc1. The first-order valence-electron chi connectivity index (χ1n) is 6.17. The lowest BCUT2D eigenvalue weighted by atomic mass is 9.98. The van der Waals surface area contributed by atoms with Gasteiger partial charge in [-0.25, -0.2) is 13.6 Å². The van der Waals surface area contributed by atoms with Gasteiger partial charge in [-0.2, -0.15) is 0 Å². The fraction of sp³-hybridized carbons (Fsp3) is 0. The molecule has 3 aromatic rings. The van der Waals surface area contributed by atoms with Crippen LogP contribution in [0.15, 0.2) is 71.6 Å². The molecule has 0 amide bonds. The Hall–Kier alpha value is -2.17. The van der Waals surface area contributed by atoms with E-state index in [1.165, 1.54) is 0 Å². The number of hydrogen-bond donors (Lipinski definition) is 1. The fourth-order valence-corrected chi connectivity index (χ4v) is 3.16. The van der Waals surface area contributed by atoms with Crippen molar-refractivity contribution in [2.75, 3.05) is 0 Å². The molecule has 0 saturated heterocycles. The van der Waals surface area contributed by atoms with Crippen molar-refractivity contribution < 1.29 is 8.42 Å². The molecular formula is C16H13NO2S. The summed E-state index contributed by atoms with van der Waals surface area (Å²) in [5, 5.41) is 7.22. The van der Waals surface area contributed by atoms with Crippen molar-refractivity contribution in [1.82, 2.24) is 0 Å². The van der Waals surface area contributed by atoms with Crippen molar-refractivity contribution in [2.24, 2.45) is 5.14 Å². The molecule has 3 aromatic carbocycles. The maximum Gasteiger partial charge on any atom is 0.238 e. The third-order valence-electron chi connectivity index (χ3n) is 3.26. The summed E-state index contributed by atoms with van der Waals surface area (Å²) >= 11 is 0. The molecule has 0 unspecified atom stereocenters. The zero-order chi connectivity index (χ0) is 14.2. The van der Waals surface area contributed by atoms with Gasteiger partial charge in [0.15, 0.2) is 0 Å².